The van der Waals surface area contributed by atoms with Gasteiger partial charge >= 0.3 is 0 Å². The molecule has 0 N–H and O–H groups in total. The highest BCUT2D eigenvalue weighted by atomic mass is 16.3. The minimum Gasteiger partial charge on any atom is -0.455 e. The lowest BCUT2D eigenvalue weighted by Crippen LogP contribution is -2.07. The molecule has 9 rings (SSSR count). The van der Waals surface area contributed by atoms with Crippen molar-refractivity contribution in [3.8, 4) is 11.1 Å². The van der Waals surface area contributed by atoms with Crippen molar-refractivity contribution in [3.63, 3.8) is 0 Å². The zero-order valence-electron chi connectivity index (χ0n) is 22.5. The Labute approximate surface area is 238 Å². The third-order valence-corrected chi connectivity index (χ3v) is 9.02. The highest BCUT2D eigenvalue weighted by Crippen LogP contribution is 2.41. The van der Waals surface area contributed by atoms with Crippen LogP contribution in [0.1, 0.15) is 22.6 Å². The summed E-state index contributed by atoms with van der Waals surface area (Å²) in [4.78, 5) is 0. The van der Waals surface area contributed by atoms with Gasteiger partial charge in [-0.3, -0.25) is 0 Å². The molecule has 1 unspecified atom stereocenters. The molecule has 1 atom stereocenters. The number of rotatable bonds is 2. The maximum atomic E-state index is 6.50. The molecule has 0 radical (unpaired) electrons. The fourth-order valence-corrected chi connectivity index (χ4v) is 7.00. The van der Waals surface area contributed by atoms with Gasteiger partial charge < -0.3 is 4.42 Å². The van der Waals surface area contributed by atoms with Crippen molar-refractivity contribution in [2.45, 2.75) is 12.3 Å². The molecule has 0 saturated carbocycles. The smallest absolute Gasteiger partial charge is 0.143 e. The number of hydrogen-bond donors (Lipinski definition) is 0. The van der Waals surface area contributed by atoms with Crippen molar-refractivity contribution in [3.05, 3.63) is 150 Å². The predicted octanol–water partition coefficient (Wildman–Crippen LogP) is 11.1. The molecule has 1 aliphatic carbocycles. The summed E-state index contributed by atoms with van der Waals surface area (Å²) in [6.45, 7) is 0. The van der Waals surface area contributed by atoms with Crippen molar-refractivity contribution in [1.82, 2.24) is 0 Å². The molecule has 8 aromatic rings. The molecule has 1 heteroatoms. The van der Waals surface area contributed by atoms with Gasteiger partial charge in [0.05, 0.1) is 0 Å². The third-order valence-electron chi connectivity index (χ3n) is 9.02. The van der Waals surface area contributed by atoms with Crippen LogP contribution in [0.5, 0.6) is 0 Å². The predicted molar refractivity (Wildman–Crippen MR) is 174 cm³/mol. The molecular weight excluding hydrogens is 496 g/mol. The van der Waals surface area contributed by atoms with Crippen LogP contribution in [0.15, 0.2) is 138 Å². The summed E-state index contributed by atoms with van der Waals surface area (Å²) in [6, 6.07) is 46.2. The van der Waals surface area contributed by atoms with Gasteiger partial charge in [-0.25, -0.2) is 0 Å². The molecule has 1 heterocycles. The van der Waals surface area contributed by atoms with E-state index in [1.165, 1.54) is 65.3 Å². The van der Waals surface area contributed by atoms with E-state index in [0.717, 1.165) is 23.2 Å². The Morgan fingerprint density at radius 3 is 2.00 bits per heavy atom. The van der Waals surface area contributed by atoms with Crippen molar-refractivity contribution in [2.24, 2.45) is 0 Å². The van der Waals surface area contributed by atoms with Gasteiger partial charge in [0.15, 0.2) is 0 Å². The van der Waals surface area contributed by atoms with E-state index < -0.39 is 0 Å². The van der Waals surface area contributed by atoms with Crippen LogP contribution < -0.4 is 0 Å². The second-order valence-corrected chi connectivity index (χ2v) is 11.3. The number of furan rings is 1. The largest absolute Gasteiger partial charge is 0.455 e. The summed E-state index contributed by atoms with van der Waals surface area (Å²) in [6.07, 6.45) is 5.75. The Morgan fingerprint density at radius 1 is 0.537 bits per heavy atom. The zero-order valence-corrected chi connectivity index (χ0v) is 22.5. The number of benzene rings is 7. The summed E-state index contributed by atoms with van der Waals surface area (Å²) >= 11 is 0. The molecule has 0 amide bonds. The van der Waals surface area contributed by atoms with Crippen LogP contribution >= 0.6 is 0 Å². The first-order valence-electron chi connectivity index (χ1n) is 14.4. The van der Waals surface area contributed by atoms with Crippen molar-refractivity contribution in [1.29, 1.82) is 0 Å². The van der Waals surface area contributed by atoms with E-state index in [0.29, 0.717) is 5.92 Å². The van der Waals surface area contributed by atoms with E-state index in [1.54, 1.807) is 0 Å². The van der Waals surface area contributed by atoms with Gasteiger partial charge in [-0.05, 0) is 73.1 Å². The number of hydrogen-bond acceptors (Lipinski definition) is 1. The Hall–Kier alpha value is -5.14. The standard InChI is InChI=1S/C40H26O/c1-2-9-28-24-39-38(23-27(28)8-1)36-15-7-14-30(40(36)41-39)26-18-16-25(17-19-26)29-20-21-35-33-12-4-3-10-31(33)32-11-5-6-13-34(32)37(35)22-29/h1-21,23-24,29H,22H2. The van der Waals surface area contributed by atoms with Crippen LogP contribution in [0.3, 0.4) is 0 Å². The van der Waals surface area contributed by atoms with Crippen LogP contribution in [0, 0.1) is 0 Å². The SMILES string of the molecule is C1=CC(c2ccc(-c3cccc4c3oc3cc5ccccc5cc34)cc2)Cc2c1c1ccccc1c1ccccc21. The normalized spacial score (nSPS) is 14.9. The number of allylic oxidation sites excluding steroid dienone is 1. The maximum Gasteiger partial charge on any atom is 0.143 e. The van der Waals surface area contributed by atoms with Crippen molar-refractivity contribution < 1.29 is 4.42 Å². The van der Waals surface area contributed by atoms with Crippen molar-refractivity contribution in [2.75, 3.05) is 0 Å². The van der Waals surface area contributed by atoms with Crippen LogP contribution in [0.2, 0.25) is 0 Å². The Kier molecular flexibility index (Phi) is 4.80. The minimum atomic E-state index is 0.343. The maximum absolute atomic E-state index is 6.50. The van der Waals surface area contributed by atoms with E-state index in [2.05, 4.69) is 140 Å². The van der Waals surface area contributed by atoms with Gasteiger partial charge in [-0.2, -0.15) is 0 Å². The highest BCUT2D eigenvalue weighted by molar-refractivity contribution is 6.14. The average molecular weight is 523 g/mol. The summed E-state index contributed by atoms with van der Waals surface area (Å²) in [5.74, 6) is 0.343. The molecule has 0 fully saturated rings. The monoisotopic (exact) mass is 522 g/mol. The van der Waals surface area contributed by atoms with Gasteiger partial charge in [0, 0.05) is 22.3 Å². The highest BCUT2D eigenvalue weighted by Gasteiger charge is 2.21. The fraction of sp³-hybridized carbons (Fsp3) is 0.0500. The second-order valence-electron chi connectivity index (χ2n) is 11.3. The molecule has 1 nitrogen and oxygen atoms in total. The summed E-state index contributed by atoms with van der Waals surface area (Å²) in [5, 5.41) is 10.2. The van der Waals surface area contributed by atoms with Gasteiger partial charge in [-0.1, -0.05) is 127 Å². The minimum absolute atomic E-state index is 0.343. The van der Waals surface area contributed by atoms with E-state index in [1.807, 2.05) is 0 Å². The quantitative estimate of drug-likeness (QED) is 0.206. The Morgan fingerprint density at radius 2 is 1.20 bits per heavy atom. The molecule has 0 bridgehead atoms. The van der Waals surface area contributed by atoms with Gasteiger partial charge in [0.2, 0.25) is 0 Å². The first-order chi connectivity index (χ1) is 20.3. The topological polar surface area (TPSA) is 13.1 Å². The molecule has 0 spiro atoms. The first kappa shape index (κ1) is 22.7. The number of para-hydroxylation sites is 1. The average Bonchev–Trinajstić information content (AvgIpc) is 3.41. The Bertz CT molecular complexity index is 2330. The van der Waals surface area contributed by atoms with E-state index in [-0.39, 0.29) is 0 Å². The lowest BCUT2D eigenvalue weighted by Gasteiger charge is -2.24. The van der Waals surface area contributed by atoms with Crippen LogP contribution in [0.25, 0.3) is 71.5 Å². The van der Waals surface area contributed by atoms with Crippen LogP contribution in [-0.4, -0.2) is 0 Å². The summed E-state index contributed by atoms with van der Waals surface area (Å²) in [5.41, 5.74) is 8.38. The molecule has 41 heavy (non-hydrogen) atoms. The molecular formula is C40H26O. The lowest BCUT2D eigenvalue weighted by atomic mass is 9.80. The molecule has 192 valence electrons. The van der Waals surface area contributed by atoms with Crippen molar-refractivity contribution >= 4 is 60.3 Å². The molecule has 1 aliphatic rings. The third kappa shape index (κ3) is 3.42. The summed E-state index contributed by atoms with van der Waals surface area (Å²) < 4.78 is 6.50. The van der Waals surface area contributed by atoms with Gasteiger partial charge in [0.25, 0.3) is 0 Å². The van der Waals surface area contributed by atoms with E-state index >= 15 is 0 Å². The van der Waals surface area contributed by atoms with Gasteiger partial charge in [-0.15, -0.1) is 0 Å². The first-order valence-corrected chi connectivity index (χ1v) is 14.4. The van der Waals surface area contributed by atoms with Crippen LogP contribution in [0.4, 0.5) is 0 Å². The number of fused-ring (bicyclic) bond motifs is 10. The summed E-state index contributed by atoms with van der Waals surface area (Å²) in [7, 11) is 0. The zero-order chi connectivity index (χ0) is 26.9. The molecule has 7 aromatic carbocycles. The van der Waals surface area contributed by atoms with Crippen LogP contribution in [-0.2, 0) is 6.42 Å². The van der Waals surface area contributed by atoms with E-state index in [4.69, 9.17) is 4.42 Å². The molecule has 1 aromatic heterocycles. The van der Waals surface area contributed by atoms with E-state index in [9.17, 15) is 0 Å². The Balaban J connectivity index is 1.12. The molecule has 0 saturated heterocycles. The lowest BCUT2D eigenvalue weighted by molar-refractivity contribution is 0.670. The molecule has 0 aliphatic heterocycles. The second kappa shape index (κ2) is 8.68. The van der Waals surface area contributed by atoms with Gasteiger partial charge in [0.1, 0.15) is 11.2 Å². The fourth-order valence-electron chi connectivity index (χ4n) is 7.00.